The summed E-state index contributed by atoms with van der Waals surface area (Å²) in [6.07, 6.45) is 2.00. The normalized spacial score (nSPS) is 12.5. The number of rotatable bonds is 2. The van der Waals surface area contributed by atoms with Crippen LogP contribution in [-0.4, -0.2) is 11.5 Å². The summed E-state index contributed by atoms with van der Waals surface area (Å²) in [6, 6.07) is 10.4. The molecule has 3 nitrogen and oxygen atoms in total. The van der Waals surface area contributed by atoms with Gasteiger partial charge in [0.15, 0.2) is 0 Å². The molecule has 0 unspecified atom stereocenters. The number of benzene rings is 1. The first-order valence-corrected chi connectivity index (χ1v) is 6.41. The first-order chi connectivity index (χ1) is 8.79. The molecular formula is C15H18ClN3. The maximum Gasteiger partial charge on any atom is 0.123 e. The number of pyridine rings is 1. The minimum atomic E-state index is 0. The van der Waals surface area contributed by atoms with Crippen LogP contribution < -0.4 is 11.1 Å². The van der Waals surface area contributed by atoms with Crippen LogP contribution in [0.2, 0.25) is 0 Å². The fraction of sp³-hybridized carbons (Fsp3) is 0.267. The number of aromatic nitrogens is 1. The number of hydrogen-bond acceptors (Lipinski definition) is 3. The average Bonchev–Trinajstić information content (AvgIpc) is 2.86. The number of para-hydroxylation sites is 1. The number of aryl methyl sites for hydroxylation is 1. The van der Waals surface area contributed by atoms with Crippen molar-refractivity contribution >= 4 is 23.9 Å². The molecule has 0 saturated heterocycles. The van der Waals surface area contributed by atoms with Crippen molar-refractivity contribution in [3.05, 3.63) is 41.6 Å². The molecule has 4 heteroatoms. The third-order valence-electron chi connectivity index (χ3n) is 3.47. The summed E-state index contributed by atoms with van der Waals surface area (Å²) in [6.45, 7) is 3.14. The third kappa shape index (κ3) is 2.38. The van der Waals surface area contributed by atoms with E-state index in [2.05, 4.69) is 41.5 Å². The van der Waals surface area contributed by atoms with Crippen LogP contribution in [0.5, 0.6) is 0 Å². The van der Waals surface area contributed by atoms with Crippen molar-refractivity contribution in [2.24, 2.45) is 0 Å². The van der Waals surface area contributed by atoms with E-state index >= 15 is 0 Å². The first kappa shape index (κ1) is 13.7. The molecule has 19 heavy (non-hydrogen) atoms. The van der Waals surface area contributed by atoms with Crippen LogP contribution >= 0.6 is 12.4 Å². The number of nitrogens with two attached hydrogens (primary N) is 1. The van der Waals surface area contributed by atoms with Crippen molar-refractivity contribution in [2.75, 3.05) is 17.6 Å². The molecule has 1 aliphatic rings. The van der Waals surface area contributed by atoms with Gasteiger partial charge in [0, 0.05) is 23.4 Å². The van der Waals surface area contributed by atoms with E-state index in [0.29, 0.717) is 5.82 Å². The number of nitrogens with one attached hydrogen (secondary N) is 1. The minimum absolute atomic E-state index is 0. The SMILES string of the molecule is CCc1nc(N)ccc1-c1cccc2c1NCC2.Cl. The van der Waals surface area contributed by atoms with Crippen molar-refractivity contribution in [2.45, 2.75) is 19.8 Å². The molecule has 100 valence electrons. The summed E-state index contributed by atoms with van der Waals surface area (Å²) >= 11 is 0. The highest BCUT2D eigenvalue weighted by Gasteiger charge is 2.16. The number of nitrogen functional groups attached to an aromatic ring is 1. The third-order valence-corrected chi connectivity index (χ3v) is 3.47. The second-order valence-electron chi connectivity index (χ2n) is 4.60. The van der Waals surface area contributed by atoms with Gasteiger partial charge in [0.2, 0.25) is 0 Å². The van der Waals surface area contributed by atoms with Gasteiger partial charge in [-0.3, -0.25) is 0 Å². The molecule has 1 aromatic carbocycles. The van der Waals surface area contributed by atoms with Gasteiger partial charge >= 0.3 is 0 Å². The predicted molar refractivity (Wildman–Crippen MR) is 82.9 cm³/mol. The zero-order chi connectivity index (χ0) is 12.5. The highest BCUT2D eigenvalue weighted by molar-refractivity contribution is 5.85. The summed E-state index contributed by atoms with van der Waals surface area (Å²) < 4.78 is 0. The molecule has 3 N–H and O–H groups in total. The Morgan fingerprint density at radius 3 is 2.84 bits per heavy atom. The monoisotopic (exact) mass is 275 g/mol. The Balaban J connectivity index is 0.00000133. The van der Waals surface area contributed by atoms with Crippen LogP contribution in [0.4, 0.5) is 11.5 Å². The Morgan fingerprint density at radius 1 is 1.21 bits per heavy atom. The number of nitrogens with zero attached hydrogens (tertiary/aromatic N) is 1. The van der Waals surface area contributed by atoms with Crippen molar-refractivity contribution in [1.82, 2.24) is 4.98 Å². The average molecular weight is 276 g/mol. The van der Waals surface area contributed by atoms with Gasteiger partial charge in [-0.25, -0.2) is 4.98 Å². The molecule has 2 aromatic rings. The maximum absolute atomic E-state index is 5.77. The van der Waals surface area contributed by atoms with Gasteiger partial charge in [0.25, 0.3) is 0 Å². The highest BCUT2D eigenvalue weighted by atomic mass is 35.5. The topological polar surface area (TPSA) is 50.9 Å². The van der Waals surface area contributed by atoms with Crippen molar-refractivity contribution in [1.29, 1.82) is 0 Å². The standard InChI is InChI=1S/C15H17N3.ClH/c1-2-13-11(6-7-14(16)18-13)12-5-3-4-10-8-9-17-15(10)12;/h3-7,17H,2,8-9H2,1H3,(H2,16,18);1H. The van der Waals surface area contributed by atoms with Gasteiger partial charge in [-0.1, -0.05) is 25.1 Å². The molecule has 0 aliphatic carbocycles. The van der Waals surface area contributed by atoms with Crippen LogP contribution in [0.1, 0.15) is 18.2 Å². The lowest BCUT2D eigenvalue weighted by Crippen LogP contribution is -1.99. The minimum Gasteiger partial charge on any atom is -0.384 e. The van der Waals surface area contributed by atoms with E-state index in [1.165, 1.54) is 22.4 Å². The molecule has 2 heterocycles. The summed E-state index contributed by atoms with van der Waals surface area (Å²) in [5, 5.41) is 3.47. The Labute approximate surface area is 119 Å². The highest BCUT2D eigenvalue weighted by Crippen LogP contribution is 2.35. The molecule has 0 fully saturated rings. The van der Waals surface area contributed by atoms with E-state index in [-0.39, 0.29) is 12.4 Å². The molecule has 0 bridgehead atoms. The van der Waals surface area contributed by atoms with E-state index in [1.54, 1.807) is 0 Å². The van der Waals surface area contributed by atoms with E-state index in [4.69, 9.17) is 5.73 Å². The quantitative estimate of drug-likeness (QED) is 0.884. The van der Waals surface area contributed by atoms with E-state index in [9.17, 15) is 0 Å². The van der Waals surface area contributed by atoms with Gasteiger partial charge in [-0.2, -0.15) is 0 Å². The Bertz CT molecular complexity index is 596. The summed E-state index contributed by atoms with van der Waals surface area (Å²) in [5.41, 5.74) is 11.9. The lowest BCUT2D eigenvalue weighted by molar-refractivity contribution is 1.04. The van der Waals surface area contributed by atoms with Crippen molar-refractivity contribution < 1.29 is 0 Å². The van der Waals surface area contributed by atoms with Crippen LogP contribution in [0.3, 0.4) is 0 Å². The molecule has 1 aromatic heterocycles. The van der Waals surface area contributed by atoms with Gasteiger partial charge in [-0.15, -0.1) is 12.4 Å². The zero-order valence-electron chi connectivity index (χ0n) is 10.9. The first-order valence-electron chi connectivity index (χ1n) is 6.41. The predicted octanol–water partition coefficient (Wildman–Crippen LogP) is 3.28. The van der Waals surface area contributed by atoms with E-state index in [0.717, 1.165) is 25.1 Å². The van der Waals surface area contributed by atoms with Crippen LogP contribution in [0, 0.1) is 0 Å². The smallest absolute Gasteiger partial charge is 0.123 e. The molecule has 0 radical (unpaired) electrons. The second-order valence-corrected chi connectivity index (χ2v) is 4.60. The molecule has 1 aliphatic heterocycles. The lowest BCUT2D eigenvalue weighted by Gasteiger charge is -2.12. The Kier molecular flexibility index (Phi) is 3.96. The van der Waals surface area contributed by atoms with E-state index in [1.807, 2.05) is 6.07 Å². The summed E-state index contributed by atoms with van der Waals surface area (Å²) in [7, 11) is 0. The molecule has 3 rings (SSSR count). The Morgan fingerprint density at radius 2 is 2.05 bits per heavy atom. The lowest BCUT2D eigenvalue weighted by atomic mass is 9.98. The molecule has 0 atom stereocenters. The summed E-state index contributed by atoms with van der Waals surface area (Å²) in [4.78, 5) is 4.44. The number of anilines is 2. The maximum atomic E-state index is 5.77. The number of halogens is 1. The van der Waals surface area contributed by atoms with Crippen LogP contribution in [-0.2, 0) is 12.8 Å². The molecule has 0 amide bonds. The van der Waals surface area contributed by atoms with Gasteiger partial charge in [-0.05, 0) is 30.5 Å². The van der Waals surface area contributed by atoms with Gasteiger partial charge < -0.3 is 11.1 Å². The summed E-state index contributed by atoms with van der Waals surface area (Å²) in [5.74, 6) is 0.594. The number of hydrogen-bond donors (Lipinski definition) is 2. The zero-order valence-corrected chi connectivity index (χ0v) is 11.8. The van der Waals surface area contributed by atoms with Crippen molar-refractivity contribution in [3.8, 4) is 11.1 Å². The van der Waals surface area contributed by atoms with Gasteiger partial charge in [0.1, 0.15) is 5.82 Å². The van der Waals surface area contributed by atoms with Crippen molar-refractivity contribution in [3.63, 3.8) is 0 Å². The second kappa shape index (κ2) is 5.49. The van der Waals surface area contributed by atoms with E-state index < -0.39 is 0 Å². The fourth-order valence-corrected chi connectivity index (χ4v) is 2.60. The van der Waals surface area contributed by atoms with Crippen LogP contribution in [0.15, 0.2) is 30.3 Å². The Hall–Kier alpha value is -1.74. The largest absolute Gasteiger partial charge is 0.384 e. The molecule has 0 saturated carbocycles. The van der Waals surface area contributed by atoms with Gasteiger partial charge in [0.05, 0.1) is 5.69 Å². The van der Waals surface area contributed by atoms with Crippen LogP contribution in [0.25, 0.3) is 11.1 Å². The molecular weight excluding hydrogens is 258 g/mol. The molecule has 0 spiro atoms. The fourth-order valence-electron chi connectivity index (χ4n) is 2.60. The number of fused-ring (bicyclic) bond motifs is 1.